The Morgan fingerprint density at radius 1 is 0.733 bits per heavy atom. The molecule has 7 heteroatoms. The molecule has 0 radical (unpaired) electrons. The fourth-order valence-electron chi connectivity index (χ4n) is 0.627. The maximum absolute atomic E-state index is 9.74. The first kappa shape index (κ1) is 13.4. The Hall–Kier alpha value is -1.62. The molecule has 0 aromatic rings. The largest absolute Gasteiger partial charge is 2.00 e. The first-order valence-electron chi connectivity index (χ1n) is 3.64. The first-order chi connectivity index (χ1) is 6.86. The van der Waals surface area contributed by atoms with Gasteiger partial charge < -0.3 is 10.2 Å². The summed E-state index contributed by atoms with van der Waals surface area (Å²) in [7, 11) is 0. The summed E-state index contributed by atoms with van der Waals surface area (Å²) in [4.78, 5) is 14.2. The van der Waals surface area contributed by atoms with Crippen LogP contribution in [0.3, 0.4) is 0 Å². The molecule has 0 saturated heterocycles. The zero-order valence-electron chi connectivity index (χ0n) is 7.78. The Labute approximate surface area is 99.0 Å². The predicted molar refractivity (Wildman–Crippen MR) is 50.1 cm³/mol. The van der Waals surface area contributed by atoms with Gasteiger partial charge in [0, 0.05) is 24.9 Å². The molecule has 0 saturated carbocycles. The topological polar surface area (TPSA) is 95.6 Å². The molecule has 0 N–H and O–H groups in total. The van der Waals surface area contributed by atoms with E-state index in [4.69, 9.17) is 0 Å². The van der Waals surface area contributed by atoms with Crippen molar-refractivity contribution in [3.8, 4) is 0 Å². The van der Waals surface area contributed by atoms with Crippen LogP contribution in [0.5, 0.6) is 0 Å². The van der Waals surface area contributed by atoms with Gasteiger partial charge in [-0.1, -0.05) is 0 Å². The zero-order chi connectivity index (χ0) is 10.2. The molecule has 0 aliphatic carbocycles. The fraction of sp³-hybridized carbons (Fsp3) is 0. The summed E-state index contributed by atoms with van der Waals surface area (Å²) in [6, 6.07) is 0. The summed E-state index contributed by atoms with van der Waals surface area (Å²) in [5, 5.41) is 19.5. The van der Waals surface area contributed by atoms with Gasteiger partial charge in [-0.3, -0.25) is 0 Å². The Morgan fingerprint density at radius 3 is 1.13 bits per heavy atom. The number of nitrogens with zero attached hydrogens (tertiary/aromatic N) is 4. The average Bonchev–Trinajstić information content (AvgIpc) is 2.92. The monoisotopic (exact) mass is 254 g/mol. The second-order valence-corrected chi connectivity index (χ2v) is 2.06. The third-order valence-electron chi connectivity index (χ3n) is 1.17. The van der Waals surface area contributed by atoms with E-state index in [1.54, 1.807) is 0 Å². The molecule has 0 fully saturated rings. The smallest absolute Gasteiger partial charge is 0.875 e. The molecule has 72 valence electrons. The second-order valence-electron chi connectivity index (χ2n) is 2.06. The van der Waals surface area contributed by atoms with Crippen LogP contribution in [-0.4, -0.2) is 24.9 Å². The van der Waals surface area contributed by atoms with Crippen LogP contribution in [0.15, 0.2) is 44.1 Å². The van der Waals surface area contributed by atoms with E-state index in [9.17, 15) is 10.2 Å². The van der Waals surface area contributed by atoms with Gasteiger partial charge in [0.25, 0.3) is 0 Å². The quantitative estimate of drug-likeness (QED) is 0.393. The summed E-state index contributed by atoms with van der Waals surface area (Å²) in [5.41, 5.74) is 0. The Kier molecular flexibility index (Phi) is 6.92. The van der Waals surface area contributed by atoms with Crippen LogP contribution < -0.4 is 10.2 Å². The second kappa shape index (κ2) is 7.76. The molecule has 2 aliphatic rings. The molecule has 0 atom stereocenters. The maximum Gasteiger partial charge on any atom is 2.00 e. The van der Waals surface area contributed by atoms with Crippen LogP contribution in [0.1, 0.15) is 0 Å². The number of hydrogen-bond acceptors (Lipinski definition) is 6. The molecule has 0 unspecified atom stereocenters. The van der Waals surface area contributed by atoms with E-state index in [-0.39, 0.29) is 31.1 Å². The van der Waals surface area contributed by atoms with E-state index < -0.39 is 0 Å². The number of hydrogen-bond donors (Lipinski definition) is 0. The predicted octanol–water partition coefficient (Wildman–Crippen LogP) is -1.40. The van der Waals surface area contributed by atoms with Crippen molar-refractivity contribution < 1.29 is 29.7 Å². The molecule has 0 aromatic heterocycles. The van der Waals surface area contributed by atoms with Gasteiger partial charge in [-0.05, 0) is 0 Å². The van der Waals surface area contributed by atoms with E-state index in [0.717, 1.165) is 0 Å². The summed E-state index contributed by atoms with van der Waals surface area (Å²) < 4.78 is 0. The molecular weight excluding hydrogens is 250 g/mol. The Bertz CT molecular complexity index is 305. The van der Waals surface area contributed by atoms with Gasteiger partial charge in [0.1, 0.15) is 11.6 Å². The number of aliphatic imine (C=N–C) groups is 4. The molecule has 0 amide bonds. The SMILES string of the molecule is [O-]C=C1N=CC=N1.[O-]C=C1N=CC=N1.[Zn+2]. The standard InChI is InChI=1S/2C4H4N2O.Zn/c2*7-3-4-5-1-2-6-4;/h2*1-3,7H;/q;;+2/p-2. The zero-order valence-corrected chi connectivity index (χ0v) is 10.7. The summed E-state index contributed by atoms with van der Waals surface area (Å²) in [5.74, 6) is 0.500. The Balaban J connectivity index is 0.000000245. The van der Waals surface area contributed by atoms with Crippen molar-refractivity contribution in [2.75, 3.05) is 0 Å². The third kappa shape index (κ3) is 4.97. The molecule has 0 aromatic carbocycles. The summed E-state index contributed by atoms with van der Waals surface area (Å²) in [6.45, 7) is 0. The molecule has 0 spiro atoms. The fourth-order valence-corrected chi connectivity index (χ4v) is 0.627. The van der Waals surface area contributed by atoms with E-state index in [0.29, 0.717) is 12.5 Å². The van der Waals surface area contributed by atoms with E-state index in [1.165, 1.54) is 24.9 Å². The number of rotatable bonds is 0. The van der Waals surface area contributed by atoms with Crippen molar-refractivity contribution in [1.29, 1.82) is 0 Å². The molecule has 0 bridgehead atoms. The van der Waals surface area contributed by atoms with Crippen LogP contribution in [0.25, 0.3) is 0 Å². The molecule has 2 rings (SSSR count). The summed E-state index contributed by atoms with van der Waals surface area (Å²) in [6.07, 6.45) is 7.13. The van der Waals surface area contributed by atoms with E-state index in [1.807, 2.05) is 0 Å². The maximum atomic E-state index is 9.74. The van der Waals surface area contributed by atoms with Gasteiger partial charge in [0.05, 0.1) is 0 Å². The van der Waals surface area contributed by atoms with Crippen LogP contribution in [-0.2, 0) is 19.5 Å². The minimum absolute atomic E-state index is 0. The van der Waals surface area contributed by atoms with Gasteiger partial charge in [0.2, 0.25) is 0 Å². The van der Waals surface area contributed by atoms with Crippen molar-refractivity contribution in [3.63, 3.8) is 0 Å². The van der Waals surface area contributed by atoms with Gasteiger partial charge >= 0.3 is 19.5 Å². The van der Waals surface area contributed by atoms with Crippen molar-refractivity contribution in [2.45, 2.75) is 0 Å². The average molecular weight is 256 g/mol. The summed E-state index contributed by atoms with van der Waals surface area (Å²) >= 11 is 0. The normalized spacial score (nSPS) is 14.7. The van der Waals surface area contributed by atoms with Crippen LogP contribution >= 0.6 is 0 Å². The van der Waals surface area contributed by atoms with Gasteiger partial charge in [-0.25, -0.2) is 20.0 Å². The van der Waals surface area contributed by atoms with Crippen molar-refractivity contribution in [1.82, 2.24) is 0 Å². The van der Waals surface area contributed by atoms with Crippen LogP contribution in [0.4, 0.5) is 0 Å². The minimum Gasteiger partial charge on any atom is -0.875 e. The first-order valence-corrected chi connectivity index (χ1v) is 3.64. The minimum atomic E-state index is 0. The van der Waals surface area contributed by atoms with Crippen molar-refractivity contribution in [3.05, 3.63) is 24.2 Å². The van der Waals surface area contributed by atoms with Gasteiger partial charge in [0.15, 0.2) is 0 Å². The molecule has 2 heterocycles. The van der Waals surface area contributed by atoms with Gasteiger partial charge in [-0.15, -0.1) is 12.5 Å². The third-order valence-corrected chi connectivity index (χ3v) is 1.17. The van der Waals surface area contributed by atoms with Crippen LogP contribution in [0.2, 0.25) is 0 Å². The Morgan fingerprint density at radius 2 is 1.00 bits per heavy atom. The molecule has 2 aliphatic heterocycles. The van der Waals surface area contributed by atoms with E-state index in [2.05, 4.69) is 20.0 Å². The molecule has 15 heavy (non-hydrogen) atoms. The molecule has 6 nitrogen and oxygen atoms in total. The van der Waals surface area contributed by atoms with E-state index >= 15 is 0 Å². The molecular formula is C8H6N4O2Zn. The van der Waals surface area contributed by atoms with Gasteiger partial charge in [-0.2, -0.15) is 0 Å². The van der Waals surface area contributed by atoms with Crippen molar-refractivity contribution in [2.24, 2.45) is 20.0 Å². The van der Waals surface area contributed by atoms with Crippen LogP contribution in [0, 0.1) is 0 Å². The van der Waals surface area contributed by atoms with Crippen molar-refractivity contribution >= 4 is 24.9 Å².